The molecule has 0 aliphatic carbocycles. The number of hydrogen-bond acceptors (Lipinski definition) is 2. The minimum Gasteiger partial charge on any atom is -0.368 e. The van der Waals surface area contributed by atoms with E-state index in [-0.39, 0.29) is 5.56 Å². The van der Waals surface area contributed by atoms with Crippen LogP contribution in [0, 0.1) is 11.7 Å². The van der Waals surface area contributed by atoms with Crippen molar-refractivity contribution >= 4 is 21.8 Å². The first kappa shape index (κ1) is 15.1. The zero-order valence-corrected chi connectivity index (χ0v) is 12.3. The number of hydrogen-bond donors (Lipinski definition) is 2. The summed E-state index contributed by atoms with van der Waals surface area (Å²) < 4.78 is 14.6. The molecule has 0 saturated heterocycles. The molecule has 0 saturated carbocycles. The number of carbonyl (C=O) groups excluding carboxylic acids is 1. The maximum absolute atomic E-state index is 14.0. The molecule has 0 spiro atoms. The number of amides is 1. The lowest BCUT2D eigenvalue weighted by Gasteiger charge is -2.29. The van der Waals surface area contributed by atoms with Crippen molar-refractivity contribution in [2.75, 3.05) is 6.54 Å². The molecule has 0 aliphatic rings. The molecule has 0 radical (unpaired) electrons. The highest BCUT2D eigenvalue weighted by Crippen LogP contribution is 2.26. The molecule has 1 aromatic rings. The Morgan fingerprint density at radius 2 is 2.17 bits per heavy atom. The van der Waals surface area contributed by atoms with Gasteiger partial charge in [-0.3, -0.25) is 10.1 Å². The first-order chi connectivity index (χ1) is 8.27. The average Bonchev–Trinajstić information content (AvgIpc) is 2.25. The van der Waals surface area contributed by atoms with Crippen LogP contribution in [0.3, 0.4) is 0 Å². The second kappa shape index (κ2) is 5.80. The first-order valence-electron chi connectivity index (χ1n) is 5.78. The van der Waals surface area contributed by atoms with Gasteiger partial charge in [-0.05, 0) is 31.5 Å². The molecule has 0 heterocycles. The van der Waals surface area contributed by atoms with Gasteiger partial charge in [0.05, 0.1) is 0 Å². The number of nitrogens with two attached hydrogens (primary N) is 1. The maximum atomic E-state index is 14.0. The van der Waals surface area contributed by atoms with Crippen LogP contribution in [0.25, 0.3) is 0 Å². The van der Waals surface area contributed by atoms with Gasteiger partial charge in [0, 0.05) is 10.0 Å². The Balaban J connectivity index is 3.14. The summed E-state index contributed by atoms with van der Waals surface area (Å²) >= 11 is 3.19. The highest BCUT2D eigenvalue weighted by atomic mass is 79.9. The number of benzene rings is 1. The van der Waals surface area contributed by atoms with E-state index in [4.69, 9.17) is 5.73 Å². The monoisotopic (exact) mass is 316 g/mol. The molecule has 0 fully saturated rings. The van der Waals surface area contributed by atoms with Crippen LogP contribution < -0.4 is 11.1 Å². The van der Waals surface area contributed by atoms with Crippen molar-refractivity contribution in [3.05, 3.63) is 34.1 Å². The molecule has 1 amide bonds. The molecule has 0 aromatic heterocycles. The predicted octanol–water partition coefficient (Wildman–Crippen LogP) is 2.53. The predicted molar refractivity (Wildman–Crippen MR) is 73.5 cm³/mol. The lowest BCUT2D eigenvalue weighted by Crippen LogP contribution is -2.51. The van der Waals surface area contributed by atoms with Crippen LogP contribution >= 0.6 is 15.9 Å². The van der Waals surface area contributed by atoms with Gasteiger partial charge in [0.25, 0.3) is 0 Å². The Labute approximate surface area is 115 Å². The Kier molecular flexibility index (Phi) is 4.87. The standard InChI is InChI=1S/C13H18BrFN2O/c1-8(2)7-17-13(3,12(16)18)10-5-4-9(14)6-11(10)15/h4-6,8,17H,7H2,1-3H3,(H2,16,18). The fourth-order valence-corrected chi connectivity index (χ4v) is 1.95. The van der Waals surface area contributed by atoms with Gasteiger partial charge in [-0.1, -0.05) is 35.8 Å². The van der Waals surface area contributed by atoms with Gasteiger partial charge in [0.2, 0.25) is 5.91 Å². The summed E-state index contributed by atoms with van der Waals surface area (Å²) in [5, 5.41) is 3.04. The molecular formula is C13H18BrFN2O. The van der Waals surface area contributed by atoms with Crippen LogP contribution in [0.15, 0.2) is 22.7 Å². The SMILES string of the molecule is CC(C)CNC(C)(C(N)=O)c1ccc(Br)cc1F. The number of nitrogens with one attached hydrogen (secondary N) is 1. The van der Waals surface area contributed by atoms with Crippen LogP contribution in [0.4, 0.5) is 4.39 Å². The number of primary amides is 1. The van der Waals surface area contributed by atoms with Crippen molar-refractivity contribution in [3.8, 4) is 0 Å². The van der Waals surface area contributed by atoms with E-state index in [1.165, 1.54) is 6.07 Å². The number of halogens is 2. The van der Waals surface area contributed by atoms with Gasteiger partial charge in [-0.15, -0.1) is 0 Å². The molecule has 1 aromatic carbocycles. The Morgan fingerprint density at radius 1 is 1.56 bits per heavy atom. The maximum Gasteiger partial charge on any atom is 0.242 e. The van der Waals surface area contributed by atoms with Crippen molar-refractivity contribution in [2.45, 2.75) is 26.3 Å². The van der Waals surface area contributed by atoms with Crippen molar-refractivity contribution in [1.29, 1.82) is 0 Å². The third-order valence-electron chi connectivity index (χ3n) is 2.83. The molecule has 18 heavy (non-hydrogen) atoms. The van der Waals surface area contributed by atoms with Gasteiger partial charge in [0.1, 0.15) is 11.4 Å². The average molecular weight is 317 g/mol. The molecule has 3 nitrogen and oxygen atoms in total. The van der Waals surface area contributed by atoms with Crippen LogP contribution in [-0.2, 0) is 10.3 Å². The topological polar surface area (TPSA) is 55.1 Å². The lowest BCUT2D eigenvalue weighted by atomic mass is 9.90. The van der Waals surface area contributed by atoms with Gasteiger partial charge in [-0.2, -0.15) is 0 Å². The van der Waals surface area contributed by atoms with Crippen LogP contribution in [0.2, 0.25) is 0 Å². The summed E-state index contributed by atoms with van der Waals surface area (Å²) in [6.07, 6.45) is 0. The van der Waals surface area contributed by atoms with E-state index >= 15 is 0 Å². The zero-order chi connectivity index (χ0) is 13.9. The summed E-state index contributed by atoms with van der Waals surface area (Å²) in [5.41, 5.74) is 4.48. The molecule has 1 rings (SSSR count). The number of rotatable bonds is 5. The quantitative estimate of drug-likeness (QED) is 0.877. The first-order valence-corrected chi connectivity index (χ1v) is 6.57. The largest absolute Gasteiger partial charge is 0.368 e. The fraction of sp³-hybridized carbons (Fsp3) is 0.462. The van der Waals surface area contributed by atoms with E-state index < -0.39 is 17.3 Å². The van der Waals surface area contributed by atoms with E-state index in [0.29, 0.717) is 16.9 Å². The summed E-state index contributed by atoms with van der Waals surface area (Å²) in [7, 11) is 0. The summed E-state index contributed by atoms with van der Waals surface area (Å²) in [6.45, 7) is 6.19. The summed E-state index contributed by atoms with van der Waals surface area (Å²) in [6, 6.07) is 4.59. The molecule has 0 bridgehead atoms. The number of carbonyl (C=O) groups is 1. The molecule has 1 atom stereocenters. The fourth-order valence-electron chi connectivity index (χ4n) is 1.62. The highest BCUT2D eigenvalue weighted by Gasteiger charge is 2.35. The van der Waals surface area contributed by atoms with E-state index in [0.717, 1.165) is 0 Å². The van der Waals surface area contributed by atoms with E-state index in [1.54, 1.807) is 19.1 Å². The van der Waals surface area contributed by atoms with E-state index in [2.05, 4.69) is 21.2 Å². The second-order valence-electron chi connectivity index (χ2n) is 4.89. The third-order valence-corrected chi connectivity index (χ3v) is 3.32. The summed E-state index contributed by atoms with van der Waals surface area (Å²) in [4.78, 5) is 11.7. The van der Waals surface area contributed by atoms with Crippen molar-refractivity contribution in [1.82, 2.24) is 5.32 Å². The second-order valence-corrected chi connectivity index (χ2v) is 5.80. The summed E-state index contributed by atoms with van der Waals surface area (Å²) in [5.74, 6) is -0.714. The van der Waals surface area contributed by atoms with Crippen molar-refractivity contribution < 1.29 is 9.18 Å². The molecule has 0 aliphatic heterocycles. The van der Waals surface area contributed by atoms with Gasteiger partial charge in [-0.25, -0.2) is 4.39 Å². The van der Waals surface area contributed by atoms with Crippen LogP contribution in [-0.4, -0.2) is 12.5 Å². The Hall–Kier alpha value is -0.940. The Morgan fingerprint density at radius 3 is 2.61 bits per heavy atom. The van der Waals surface area contributed by atoms with Gasteiger partial charge in [0.15, 0.2) is 0 Å². The Bertz CT molecular complexity index is 451. The van der Waals surface area contributed by atoms with Crippen LogP contribution in [0.1, 0.15) is 26.3 Å². The molecule has 3 N–H and O–H groups in total. The molecule has 1 unspecified atom stereocenters. The van der Waals surface area contributed by atoms with Crippen molar-refractivity contribution in [3.63, 3.8) is 0 Å². The minimum atomic E-state index is -1.20. The molecule has 100 valence electrons. The zero-order valence-electron chi connectivity index (χ0n) is 10.8. The van der Waals surface area contributed by atoms with E-state index in [9.17, 15) is 9.18 Å². The normalized spacial score (nSPS) is 14.6. The molecular weight excluding hydrogens is 299 g/mol. The lowest BCUT2D eigenvalue weighted by molar-refractivity contribution is -0.124. The highest BCUT2D eigenvalue weighted by molar-refractivity contribution is 9.10. The van der Waals surface area contributed by atoms with Gasteiger partial charge < -0.3 is 5.73 Å². The molecule has 5 heteroatoms. The minimum absolute atomic E-state index is 0.263. The van der Waals surface area contributed by atoms with Crippen LogP contribution in [0.5, 0.6) is 0 Å². The van der Waals surface area contributed by atoms with E-state index in [1.807, 2.05) is 13.8 Å². The van der Waals surface area contributed by atoms with Gasteiger partial charge >= 0.3 is 0 Å². The van der Waals surface area contributed by atoms with Crippen molar-refractivity contribution in [2.24, 2.45) is 11.7 Å². The smallest absolute Gasteiger partial charge is 0.242 e. The third kappa shape index (κ3) is 3.29.